The third-order valence-corrected chi connectivity index (χ3v) is 2.53. The number of carbonyl (C=O) groups is 1. The molecule has 2 aromatic rings. The summed E-state index contributed by atoms with van der Waals surface area (Å²) in [5.74, 6) is -1.01. The summed E-state index contributed by atoms with van der Waals surface area (Å²) in [6.07, 6.45) is 1.93. The molecule has 1 atom stereocenters. The number of carboxylic acids is 1. The number of hydrogen-bond donors (Lipinski definition) is 2. The minimum atomic E-state index is -1.01. The lowest BCUT2D eigenvalue weighted by Crippen LogP contribution is -2.20. The van der Waals surface area contributed by atoms with Gasteiger partial charge in [0.2, 0.25) is 0 Å². The first-order valence-corrected chi connectivity index (χ1v) is 4.63. The van der Waals surface area contributed by atoms with Crippen LogP contribution >= 0.6 is 0 Å². The van der Waals surface area contributed by atoms with Crippen molar-refractivity contribution >= 4 is 16.9 Å². The molecule has 1 heterocycles. The maximum Gasteiger partial charge on any atom is 0.325 e. The van der Waals surface area contributed by atoms with Crippen LogP contribution in [0.3, 0.4) is 0 Å². The predicted molar refractivity (Wildman–Crippen MR) is 57.5 cm³/mol. The first-order chi connectivity index (χ1) is 7.09. The average Bonchev–Trinajstić information content (AvgIpc) is 2.59. The number of nitrogens with two attached hydrogens (primary N) is 1. The Labute approximate surface area is 86.9 Å². The standard InChI is InChI=1S/C11H12N2O2/c1-13-5-4-7-6-8(2-3-9(7)13)10(12)11(14)15/h2-6,10H,12H2,1H3,(H,14,15). The van der Waals surface area contributed by atoms with Crippen molar-refractivity contribution in [2.45, 2.75) is 6.04 Å². The van der Waals surface area contributed by atoms with Gasteiger partial charge >= 0.3 is 5.97 Å². The zero-order valence-corrected chi connectivity index (χ0v) is 8.34. The van der Waals surface area contributed by atoms with Gasteiger partial charge in [0.25, 0.3) is 0 Å². The Hall–Kier alpha value is -1.81. The highest BCUT2D eigenvalue weighted by atomic mass is 16.4. The SMILES string of the molecule is Cn1ccc2cc(C(N)C(=O)O)ccc21. The van der Waals surface area contributed by atoms with Gasteiger partial charge in [0.15, 0.2) is 0 Å². The summed E-state index contributed by atoms with van der Waals surface area (Å²) in [6.45, 7) is 0. The van der Waals surface area contributed by atoms with E-state index in [0.717, 1.165) is 10.9 Å². The Morgan fingerprint density at radius 1 is 1.47 bits per heavy atom. The molecule has 0 radical (unpaired) electrons. The molecule has 0 fully saturated rings. The van der Waals surface area contributed by atoms with Gasteiger partial charge in [-0.05, 0) is 29.1 Å². The van der Waals surface area contributed by atoms with E-state index in [9.17, 15) is 4.79 Å². The van der Waals surface area contributed by atoms with E-state index in [4.69, 9.17) is 10.8 Å². The van der Waals surface area contributed by atoms with Gasteiger partial charge < -0.3 is 15.4 Å². The monoisotopic (exact) mass is 204 g/mol. The summed E-state index contributed by atoms with van der Waals surface area (Å²) < 4.78 is 1.98. The minimum Gasteiger partial charge on any atom is -0.480 e. The van der Waals surface area contributed by atoms with Gasteiger partial charge in [-0.2, -0.15) is 0 Å². The number of aromatic nitrogens is 1. The van der Waals surface area contributed by atoms with Crippen molar-refractivity contribution in [2.24, 2.45) is 12.8 Å². The Bertz CT molecular complexity index is 516. The van der Waals surface area contributed by atoms with Crippen LogP contribution in [-0.2, 0) is 11.8 Å². The van der Waals surface area contributed by atoms with Gasteiger partial charge in [-0.25, -0.2) is 0 Å². The van der Waals surface area contributed by atoms with Gasteiger partial charge in [-0.1, -0.05) is 6.07 Å². The largest absolute Gasteiger partial charge is 0.480 e. The molecule has 15 heavy (non-hydrogen) atoms. The highest BCUT2D eigenvalue weighted by molar-refractivity contribution is 5.83. The molecule has 1 aromatic heterocycles. The number of nitrogens with zero attached hydrogens (tertiary/aromatic N) is 1. The van der Waals surface area contributed by atoms with Crippen LogP contribution in [0.1, 0.15) is 11.6 Å². The van der Waals surface area contributed by atoms with Crippen LogP contribution in [0.5, 0.6) is 0 Å². The summed E-state index contributed by atoms with van der Waals surface area (Å²) in [7, 11) is 1.94. The molecule has 0 aliphatic rings. The second kappa shape index (κ2) is 3.40. The van der Waals surface area contributed by atoms with E-state index < -0.39 is 12.0 Å². The molecule has 3 N–H and O–H groups in total. The highest BCUT2D eigenvalue weighted by Crippen LogP contribution is 2.19. The van der Waals surface area contributed by atoms with Crippen molar-refractivity contribution in [1.29, 1.82) is 0 Å². The third kappa shape index (κ3) is 1.59. The summed E-state index contributed by atoms with van der Waals surface area (Å²) in [5, 5.41) is 9.79. The lowest BCUT2D eigenvalue weighted by atomic mass is 10.1. The third-order valence-electron chi connectivity index (χ3n) is 2.53. The lowest BCUT2D eigenvalue weighted by Gasteiger charge is -2.06. The lowest BCUT2D eigenvalue weighted by molar-refractivity contribution is -0.138. The second-order valence-electron chi connectivity index (χ2n) is 3.56. The topological polar surface area (TPSA) is 68.2 Å². The van der Waals surface area contributed by atoms with Gasteiger partial charge in [0.05, 0.1) is 0 Å². The van der Waals surface area contributed by atoms with E-state index in [2.05, 4.69) is 0 Å². The molecular formula is C11H12N2O2. The Morgan fingerprint density at radius 3 is 2.87 bits per heavy atom. The zero-order valence-electron chi connectivity index (χ0n) is 8.34. The minimum absolute atomic E-state index is 0.626. The van der Waals surface area contributed by atoms with Crippen LogP contribution in [0, 0.1) is 0 Å². The van der Waals surface area contributed by atoms with Crippen molar-refractivity contribution in [2.75, 3.05) is 0 Å². The van der Waals surface area contributed by atoms with E-state index in [1.807, 2.05) is 36.0 Å². The number of hydrogen-bond acceptors (Lipinski definition) is 2. The maximum atomic E-state index is 10.7. The van der Waals surface area contributed by atoms with Crippen LogP contribution in [0.25, 0.3) is 10.9 Å². The van der Waals surface area contributed by atoms with E-state index in [0.29, 0.717) is 5.56 Å². The van der Waals surface area contributed by atoms with Crippen molar-refractivity contribution in [3.63, 3.8) is 0 Å². The van der Waals surface area contributed by atoms with Crippen molar-refractivity contribution in [1.82, 2.24) is 4.57 Å². The van der Waals surface area contributed by atoms with Crippen LogP contribution < -0.4 is 5.73 Å². The fourth-order valence-corrected chi connectivity index (χ4v) is 1.64. The molecule has 78 valence electrons. The first kappa shape index (κ1) is 9.73. The van der Waals surface area contributed by atoms with E-state index in [1.54, 1.807) is 6.07 Å². The second-order valence-corrected chi connectivity index (χ2v) is 3.56. The van der Waals surface area contributed by atoms with Gasteiger partial charge in [-0.15, -0.1) is 0 Å². The van der Waals surface area contributed by atoms with Gasteiger partial charge in [0, 0.05) is 18.8 Å². The molecule has 0 spiro atoms. The molecule has 0 bridgehead atoms. The van der Waals surface area contributed by atoms with Crippen LogP contribution in [-0.4, -0.2) is 15.6 Å². The molecule has 0 aliphatic carbocycles. The van der Waals surface area contributed by atoms with E-state index >= 15 is 0 Å². The molecular weight excluding hydrogens is 192 g/mol. The first-order valence-electron chi connectivity index (χ1n) is 4.63. The fraction of sp³-hybridized carbons (Fsp3) is 0.182. The van der Waals surface area contributed by atoms with Crippen molar-refractivity contribution in [3.05, 3.63) is 36.0 Å². The van der Waals surface area contributed by atoms with Crippen LogP contribution in [0.2, 0.25) is 0 Å². The molecule has 4 nitrogen and oxygen atoms in total. The fourth-order valence-electron chi connectivity index (χ4n) is 1.64. The molecule has 0 aliphatic heterocycles. The maximum absolute atomic E-state index is 10.7. The summed E-state index contributed by atoms with van der Waals surface area (Å²) in [5.41, 5.74) is 7.22. The van der Waals surface area contributed by atoms with E-state index in [1.165, 1.54) is 0 Å². The number of carboxylic acid groups (broad SMARTS) is 1. The summed E-state index contributed by atoms with van der Waals surface area (Å²) in [6, 6.07) is 6.44. The van der Waals surface area contributed by atoms with Gasteiger partial charge in [0.1, 0.15) is 6.04 Å². The Kier molecular flexibility index (Phi) is 2.21. The molecule has 2 rings (SSSR count). The number of aryl methyl sites for hydroxylation is 1. The normalized spacial score (nSPS) is 12.9. The molecule has 4 heteroatoms. The Morgan fingerprint density at radius 2 is 2.20 bits per heavy atom. The molecule has 0 saturated heterocycles. The van der Waals surface area contributed by atoms with Crippen LogP contribution in [0.15, 0.2) is 30.5 Å². The average molecular weight is 204 g/mol. The Balaban J connectivity index is 2.52. The van der Waals surface area contributed by atoms with Crippen LogP contribution in [0.4, 0.5) is 0 Å². The molecule has 0 saturated carbocycles. The number of rotatable bonds is 2. The van der Waals surface area contributed by atoms with Crippen molar-refractivity contribution < 1.29 is 9.90 Å². The summed E-state index contributed by atoms with van der Waals surface area (Å²) in [4.78, 5) is 10.7. The van der Waals surface area contributed by atoms with Crippen molar-refractivity contribution in [3.8, 4) is 0 Å². The summed E-state index contributed by atoms with van der Waals surface area (Å²) >= 11 is 0. The number of benzene rings is 1. The van der Waals surface area contributed by atoms with E-state index in [-0.39, 0.29) is 0 Å². The predicted octanol–water partition coefficient (Wildman–Crippen LogP) is 1.26. The molecule has 1 unspecified atom stereocenters. The zero-order chi connectivity index (χ0) is 11.0. The van der Waals surface area contributed by atoms with Gasteiger partial charge in [-0.3, -0.25) is 4.79 Å². The highest BCUT2D eigenvalue weighted by Gasteiger charge is 2.14. The quantitative estimate of drug-likeness (QED) is 0.773. The number of aliphatic carboxylic acids is 1. The molecule has 1 aromatic carbocycles. The molecule has 0 amide bonds. The smallest absolute Gasteiger partial charge is 0.325 e. The number of fused-ring (bicyclic) bond motifs is 1.